The first-order chi connectivity index (χ1) is 6.15. The van der Waals surface area contributed by atoms with Crippen molar-refractivity contribution in [1.82, 2.24) is 4.98 Å². The molecule has 4 heteroatoms. The first-order valence-electron chi connectivity index (χ1n) is 4.39. The zero-order valence-electron chi connectivity index (χ0n) is 8.33. The number of nitrogen functional groups attached to an aromatic ring is 1. The van der Waals surface area contributed by atoms with Gasteiger partial charge < -0.3 is 5.73 Å². The number of thiazole rings is 1. The largest absolute Gasteiger partial charge is 0.389 e. The zero-order chi connectivity index (χ0) is 9.84. The van der Waals surface area contributed by atoms with Crippen molar-refractivity contribution >= 4 is 28.1 Å². The van der Waals surface area contributed by atoms with Crippen LogP contribution in [0.5, 0.6) is 0 Å². The smallest absolute Gasteiger partial charge is 0.109 e. The lowest BCUT2D eigenvalue weighted by Crippen LogP contribution is -1.94. The Morgan fingerprint density at radius 3 is 2.69 bits per heavy atom. The second kappa shape index (κ2) is 4.86. The van der Waals surface area contributed by atoms with E-state index >= 15 is 0 Å². The second-order valence-corrected chi connectivity index (χ2v) is 5.31. The van der Waals surface area contributed by atoms with Crippen LogP contribution in [0.3, 0.4) is 0 Å². The minimum atomic E-state index is 0.496. The monoisotopic (exact) mass is 216 g/mol. The second-order valence-electron chi connectivity index (χ2n) is 3.26. The number of aryl methyl sites for hydroxylation is 1. The Morgan fingerprint density at radius 1 is 1.54 bits per heavy atom. The van der Waals surface area contributed by atoms with Crippen LogP contribution in [0.15, 0.2) is 0 Å². The number of hydrogen-bond donors (Lipinski definition) is 1. The highest BCUT2D eigenvalue weighted by molar-refractivity contribution is 7.98. The molecule has 0 amide bonds. The molecule has 74 valence electrons. The number of anilines is 1. The van der Waals surface area contributed by atoms with Gasteiger partial charge in [-0.2, -0.15) is 11.8 Å². The summed E-state index contributed by atoms with van der Waals surface area (Å²) in [6.45, 7) is 4.30. The summed E-state index contributed by atoms with van der Waals surface area (Å²) in [5.41, 5.74) is 6.95. The van der Waals surface area contributed by atoms with E-state index in [9.17, 15) is 0 Å². The summed E-state index contributed by atoms with van der Waals surface area (Å²) >= 11 is 3.46. The quantitative estimate of drug-likeness (QED) is 0.841. The molecule has 1 aromatic heterocycles. The van der Waals surface area contributed by atoms with E-state index in [0.29, 0.717) is 5.92 Å². The van der Waals surface area contributed by atoms with Crippen molar-refractivity contribution in [2.24, 2.45) is 0 Å². The normalized spacial score (nSPS) is 11.1. The Hall–Kier alpha value is -0.220. The van der Waals surface area contributed by atoms with Gasteiger partial charge in [0.2, 0.25) is 0 Å². The lowest BCUT2D eigenvalue weighted by molar-refractivity contribution is 0.841. The van der Waals surface area contributed by atoms with Crippen LogP contribution in [-0.4, -0.2) is 17.0 Å². The molecule has 0 atom stereocenters. The molecule has 0 spiro atoms. The Labute approximate surface area is 87.9 Å². The molecular formula is C9H16N2S2. The number of hydrogen-bond acceptors (Lipinski definition) is 4. The number of rotatable bonds is 4. The van der Waals surface area contributed by atoms with Gasteiger partial charge in [-0.1, -0.05) is 13.8 Å². The van der Waals surface area contributed by atoms with Gasteiger partial charge in [0.15, 0.2) is 0 Å². The molecule has 1 aromatic rings. The minimum Gasteiger partial charge on any atom is -0.389 e. The summed E-state index contributed by atoms with van der Waals surface area (Å²) in [7, 11) is 0. The van der Waals surface area contributed by atoms with Gasteiger partial charge in [-0.15, -0.1) is 11.3 Å². The van der Waals surface area contributed by atoms with Crippen molar-refractivity contribution in [1.29, 1.82) is 0 Å². The Kier molecular flexibility index (Phi) is 4.06. The Bertz CT molecular complexity index is 269. The van der Waals surface area contributed by atoms with Crippen LogP contribution in [0.2, 0.25) is 0 Å². The van der Waals surface area contributed by atoms with E-state index in [2.05, 4.69) is 25.1 Å². The summed E-state index contributed by atoms with van der Waals surface area (Å²) in [6, 6.07) is 0. The van der Waals surface area contributed by atoms with Gasteiger partial charge in [0.05, 0.1) is 10.7 Å². The predicted molar refractivity (Wildman–Crippen MR) is 62.7 cm³/mol. The molecular weight excluding hydrogens is 200 g/mol. The summed E-state index contributed by atoms with van der Waals surface area (Å²) in [4.78, 5) is 4.53. The van der Waals surface area contributed by atoms with Crippen LogP contribution >= 0.6 is 23.1 Å². The van der Waals surface area contributed by atoms with E-state index in [4.69, 9.17) is 5.73 Å². The van der Waals surface area contributed by atoms with E-state index in [-0.39, 0.29) is 0 Å². The summed E-state index contributed by atoms with van der Waals surface area (Å²) in [5, 5.41) is 2.06. The molecule has 0 aliphatic heterocycles. The number of nitrogens with zero attached hydrogens (tertiary/aromatic N) is 1. The molecule has 0 saturated heterocycles. The molecule has 1 heterocycles. The number of thioether (sulfide) groups is 1. The van der Waals surface area contributed by atoms with Gasteiger partial charge >= 0.3 is 0 Å². The van der Waals surface area contributed by atoms with Gasteiger partial charge in [-0.05, 0) is 12.0 Å². The van der Waals surface area contributed by atoms with Crippen molar-refractivity contribution in [3.8, 4) is 0 Å². The average Bonchev–Trinajstić information content (AvgIpc) is 2.44. The highest BCUT2D eigenvalue weighted by Crippen LogP contribution is 2.27. The third kappa shape index (κ3) is 2.88. The molecule has 0 fully saturated rings. The number of nitrogens with two attached hydrogens (primary N) is 1. The maximum absolute atomic E-state index is 5.87. The third-order valence-corrected chi connectivity index (χ3v) is 3.62. The highest BCUT2D eigenvalue weighted by atomic mass is 32.2. The van der Waals surface area contributed by atoms with Crippen LogP contribution in [0.25, 0.3) is 0 Å². The first kappa shape index (κ1) is 10.9. The molecule has 13 heavy (non-hydrogen) atoms. The van der Waals surface area contributed by atoms with Gasteiger partial charge in [0.25, 0.3) is 0 Å². The maximum atomic E-state index is 5.87. The standard InChI is InChI=1S/C9H16N2S2/c1-6(2)9-11-7(4-5-12-3)8(10)13-9/h6H,4-5,10H2,1-3H3. The summed E-state index contributed by atoms with van der Waals surface area (Å²) in [6.07, 6.45) is 3.10. The van der Waals surface area contributed by atoms with Crippen molar-refractivity contribution in [3.05, 3.63) is 10.7 Å². The fourth-order valence-corrected chi connectivity index (χ4v) is 2.29. The topological polar surface area (TPSA) is 38.9 Å². The predicted octanol–water partition coefficient (Wildman–Crippen LogP) is 2.75. The fourth-order valence-electron chi connectivity index (χ4n) is 1.01. The van der Waals surface area contributed by atoms with Crippen molar-refractivity contribution < 1.29 is 0 Å². The van der Waals surface area contributed by atoms with Gasteiger partial charge in [-0.3, -0.25) is 0 Å². The summed E-state index contributed by atoms with van der Waals surface area (Å²) < 4.78 is 0. The van der Waals surface area contributed by atoms with Crippen LogP contribution in [0.1, 0.15) is 30.5 Å². The lowest BCUT2D eigenvalue weighted by atomic mass is 10.2. The van der Waals surface area contributed by atoms with E-state index in [1.807, 2.05) is 11.8 Å². The van der Waals surface area contributed by atoms with E-state index in [1.54, 1.807) is 11.3 Å². The Balaban J connectivity index is 2.71. The van der Waals surface area contributed by atoms with Crippen molar-refractivity contribution in [2.45, 2.75) is 26.2 Å². The first-order valence-corrected chi connectivity index (χ1v) is 6.60. The van der Waals surface area contributed by atoms with E-state index in [1.165, 1.54) is 0 Å². The third-order valence-electron chi connectivity index (χ3n) is 1.78. The van der Waals surface area contributed by atoms with Gasteiger partial charge in [-0.25, -0.2) is 4.98 Å². The molecule has 1 rings (SSSR count). The molecule has 0 aliphatic carbocycles. The Morgan fingerprint density at radius 2 is 2.23 bits per heavy atom. The number of aromatic nitrogens is 1. The lowest BCUT2D eigenvalue weighted by Gasteiger charge is -1.96. The molecule has 0 bridgehead atoms. The van der Waals surface area contributed by atoms with Gasteiger partial charge in [0, 0.05) is 12.3 Å². The average molecular weight is 216 g/mol. The van der Waals surface area contributed by atoms with Crippen LogP contribution in [0, 0.1) is 0 Å². The molecule has 2 nitrogen and oxygen atoms in total. The van der Waals surface area contributed by atoms with E-state index < -0.39 is 0 Å². The van der Waals surface area contributed by atoms with Crippen LogP contribution in [0.4, 0.5) is 5.00 Å². The van der Waals surface area contributed by atoms with E-state index in [0.717, 1.165) is 27.9 Å². The zero-order valence-corrected chi connectivity index (χ0v) is 9.97. The van der Waals surface area contributed by atoms with Crippen LogP contribution < -0.4 is 5.73 Å². The SMILES string of the molecule is CSCCc1nc(C(C)C)sc1N. The molecule has 2 N–H and O–H groups in total. The minimum absolute atomic E-state index is 0.496. The van der Waals surface area contributed by atoms with Crippen molar-refractivity contribution in [2.75, 3.05) is 17.7 Å². The molecule has 0 saturated carbocycles. The molecule has 0 aromatic carbocycles. The van der Waals surface area contributed by atoms with Crippen molar-refractivity contribution in [3.63, 3.8) is 0 Å². The molecule has 0 aliphatic rings. The molecule has 0 radical (unpaired) electrons. The fraction of sp³-hybridized carbons (Fsp3) is 0.667. The highest BCUT2D eigenvalue weighted by Gasteiger charge is 2.10. The van der Waals surface area contributed by atoms with Crippen LogP contribution in [-0.2, 0) is 6.42 Å². The van der Waals surface area contributed by atoms with Gasteiger partial charge in [0.1, 0.15) is 5.00 Å². The molecule has 0 unspecified atom stereocenters. The summed E-state index contributed by atoms with van der Waals surface area (Å²) in [5.74, 6) is 1.60. The maximum Gasteiger partial charge on any atom is 0.109 e.